The number of nitrogens with zero attached hydrogens (tertiary/aromatic N) is 1. The molecule has 0 aromatic heterocycles. The number of hydrogen-bond acceptors (Lipinski definition) is 4. The van der Waals surface area contributed by atoms with Crippen LogP contribution >= 0.6 is 11.8 Å². The van der Waals surface area contributed by atoms with Crippen LogP contribution in [0.5, 0.6) is 11.5 Å². The first-order valence-corrected chi connectivity index (χ1v) is 10.7. The molecule has 0 unspecified atom stereocenters. The summed E-state index contributed by atoms with van der Waals surface area (Å²) in [6.07, 6.45) is 0. The Bertz CT molecular complexity index is 1020. The average molecular weight is 420 g/mol. The van der Waals surface area contributed by atoms with E-state index in [1.54, 1.807) is 26.1 Å². The van der Waals surface area contributed by atoms with Gasteiger partial charge in [-0.2, -0.15) is 0 Å². The van der Waals surface area contributed by atoms with Gasteiger partial charge in [-0.05, 0) is 41.1 Å². The Hall–Kier alpha value is -2.92. The number of carbonyl (C=O) groups excluding carboxylic acids is 1. The minimum Gasteiger partial charge on any atom is -0.497 e. The SMILES string of the molecule is COc1ccc2c(c1)OC[C@@H](c1ccccc1)[C@H]2c1ccc(SC(=O)N(C)C)cc1. The fraction of sp³-hybridized carbons (Fsp3) is 0.240. The second-order valence-corrected chi connectivity index (χ2v) is 8.57. The number of thioether (sulfide) groups is 1. The zero-order chi connectivity index (χ0) is 21.1. The van der Waals surface area contributed by atoms with Gasteiger partial charge in [0.15, 0.2) is 0 Å². The van der Waals surface area contributed by atoms with Crippen LogP contribution in [-0.4, -0.2) is 38.0 Å². The normalized spacial score (nSPS) is 17.6. The first kappa shape index (κ1) is 20.4. The van der Waals surface area contributed by atoms with Crippen molar-refractivity contribution in [2.45, 2.75) is 16.7 Å². The van der Waals surface area contributed by atoms with Crippen molar-refractivity contribution in [2.75, 3.05) is 27.8 Å². The monoisotopic (exact) mass is 419 g/mol. The number of benzene rings is 3. The lowest BCUT2D eigenvalue weighted by Gasteiger charge is -2.34. The Balaban J connectivity index is 1.72. The second-order valence-electron chi connectivity index (χ2n) is 7.54. The fourth-order valence-corrected chi connectivity index (χ4v) is 4.51. The summed E-state index contributed by atoms with van der Waals surface area (Å²) in [4.78, 5) is 14.6. The van der Waals surface area contributed by atoms with Gasteiger partial charge >= 0.3 is 0 Å². The van der Waals surface area contributed by atoms with Crippen LogP contribution in [0.1, 0.15) is 28.5 Å². The fourth-order valence-electron chi connectivity index (χ4n) is 3.85. The maximum absolute atomic E-state index is 12.0. The molecule has 1 aliphatic rings. The van der Waals surface area contributed by atoms with Crippen LogP contribution in [0.4, 0.5) is 4.79 Å². The van der Waals surface area contributed by atoms with Gasteiger partial charge in [0.25, 0.3) is 5.24 Å². The third-order valence-electron chi connectivity index (χ3n) is 5.41. The van der Waals surface area contributed by atoms with Crippen molar-refractivity contribution in [2.24, 2.45) is 0 Å². The lowest BCUT2D eigenvalue weighted by Crippen LogP contribution is -2.25. The molecule has 4 nitrogen and oxygen atoms in total. The minimum atomic E-state index is 0.0217. The van der Waals surface area contributed by atoms with E-state index in [2.05, 4.69) is 42.5 Å². The number of amides is 1. The van der Waals surface area contributed by atoms with Crippen LogP contribution in [0.3, 0.4) is 0 Å². The van der Waals surface area contributed by atoms with Crippen LogP contribution in [0.25, 0.3) is 0 Å². The summed E-state index contributed by atoms with van der Waals surface area (Å²) in [5.41, 5.74) is 3.62. The number of methoxy groups -OCH3 is 1. The molecule has 4 rings (SSSR count). The van der Waals surface area contributed by atoms with Gasteiger partial charge in [0.2, 0.25) is 0 Å². The first-order valence-electron chi connectivity index (χ1n) is 9.91. The molecule has 154 valence electrons. The van der Waals surface area contributed by atoms with Gasteiger partial charge in [0, 0.05) is 42.5 Å². The summed E-state index contributed by atoms with van der Waals surface area (Å²) < 4.78 is 11.5. The lowest BCUT2D eigenvalue weighted by atomic mass is 9.76. The highest BCUT2D eigenvalue weighted by molar-refractivity contribution is 8.13. The standard InChI is InChI=1S/C25H25NO3S/c1-26(2)25(27)30-20-12-9-18(10-13-20)24-21-14-11-19(28-3)15-23(21)29-16-22(24)17-7-5-4-6-8-17/h4-15,22,24H,16H2,1-3H3/t22-,24-/m0/s1. The third-order valence-corrected chi connectivity index (χ3v) is 6.46. The van der Waals surface area contributed by atoms with E-state index in [4.69, 9.17) is 9.47 Å². The van der Waals surface area contributed by atoms with Crippen LogP contribution in [0.2, 0.25) is 0 Å². The van der Waals surface area contributed by atoms with Gasteiger partial charge < -0.3 is 14.4 Å². The zero-order valence-electron chi connectivity index (χ0n) is 17.4. The molecule has 30 heavy (non-hydrogen) atoms. The minimum absolute atomic E-state index is 0.0217. The molecule has 0 radical (unpaired) electrons. The van der Waals surface area contributed by atoms with Gasteiger partial charge in [0.1, 0.15) is 11.5 Å². The lowest BCUT2D eigenvalue weighted by molar-refractivity contribution is 0.241. The average Bonchev–Trinajstić information content (AvgIpc) is 2.79. The summed E-state index contributed by atoms with van der Waals surface area (Å²) in [7, 11) is 5.20. The quantitative estimate of drug-likeness (QED) is 0.503. The molecule has 5 heteroatoms. The van der Waals surface area contributed by atoms with Crippen molar-refractivity contribution >= 4 is 17.0 Å². The van der Waals surface area contributed by atoms with E-state index in [0.29, 0.717) is 6.61 Å². The van der Waals surface area contributed by atoms with E-state index in [1.165, 1.54) is 22.9 Å². The highest BCUT2D eigenvalue weighted by atomic mass is 32.2. The molecular weight excluding hydrogens is 394 g/mol. The Labute approximate surface area is 181 Å². The molecule has 1 aliphatic heterocycles. The van der Waals surface area contributed by atoms with Crippen LogP contribution in [-0.2, 0) is 0 Å². The summed E-state index contributed by atoms with van der Waals surface area (Å²) in [6, 6.07) is 24.9. The molecule has 1 amide bonds. The van der Waals surface area contributed by atoms with Gasteiger partial charge in [-0.15, -0.1) is 0 Å². The van der Waals surface area contributed by atoms with Crippen molar-refractivity contribution in [3.8, 4) is 11.5 Å². The van der Waals surface area contributed by atoms with E-state index in [-0.39, 0.29) is 17.1 Å². The Morgan fingerprint density at radius 3 is 2.40 bits per heavy atom. The van der Waals surface area contributed by atoms with E-state index in [0.717, 1.165) is 22.0 Å². The van der Waals surface area contributed by atoms with E-state index < -0.39 is 0 Å². The highest BCUT2D eigenvalue weighted by Gasteiger charge is 2.33. The maximum Gasteiger partial charge on any atom is 0.285 e. The molecule has 3 aromatic carbocycles. The molecule has 3 aromatic rings. The van der Waals surface area contributed by atoms with Crippen LogP contribution < -0.4 is 9.47 Å². The summed E-state index contributed by atoms with van der Waals surface area (Å²) in [5, 5.41) is 0.0217. The number of fused-ring (bicyclic) bond motifs is 1. The van der Waals surface area contributed by atoms with Crippen LogP contribution in [0, 0.1) is 0 Å². The van der Waals surface area contributed by atoms with Crippen molar-refractivity contribution in [1.82, 2.24) is 4.90 Å². The third kappa shape index (κ3) is 4.17. The van der Waals surface area contributed by atoms with Gasteiger partial charge in [-0.1, -0.05) is 48.5 Å². The smallest absolute Gasteiger partial charge is 0.285 e. The van der Waals surface area contributed by atoms with E-state index >= 15 is 0 Å². The molecular formula is C25H25NO3S. The Morgan fingerprint density at radius 1 is 1.00 bits per heavy atom. The number of rotatable bonds is 4. The number of ether oxygens (including phenoxy) is 2. The van der Waals surface area contributed by atoms with E-state index in [9.17, 15) is 4.79 Å². The van der Waals surface area contributed by atoms with Crippen molar-refractivity contribution in [3.05, 3.63) is 89.5 Å². The molecule has 0 fully saturated rings. The molecule has 0 bridgehead atoms. The predicted octanol–water partition coefficient (Wildman–Crippen LogP) is 5.78. The van der Waals surface area contributed by atoms with Gasteiger partial charge in [-0.25, -0.2) is 0 Å². The van der Waals surface area contributed by atoms with Crippen LogP contribution in [0.15, 0.2) is 77.7 Å². The molecule has 0 N–H and O–H groups in total. The maximum atomic E-state index is 12.0. The van der Waals surface area contributed by atoms with Gasteiger partial charge in [-0.3, -0.25) is 4.79 Å². The summed E-state index contributed by atoms with van der Waals surface area (Å²) >= 11 is 1.24. The van der Waals surface area contributed by atoms with Crippen molar-refractivity contribution < 1.29 is 14.3 Å². The molecule has 0 saturated heterocycles. The number of hydrogen-bond donors (Lipinski definition) is 0. The molecule has 0 spiro atoms. The molecule has 2 atom stereocenters. The molecule has 1 heterocycles. The number of carbonyl (C=O) groups is 1. The molecule has 0 saturated carbocycles. The second kappa shape index (κ2) is 8.84. The van der Waals surface area contributed by atoms with Crippen molar-refractivity contribution in [1.29, 1.82) is 0 Å². The van der Waals surface area contributed by atoms with Crippen molar-refractivity contribution in [3.63, 3.8) is 0 Å². The predicted molar refractivity (Wildman–Crippen MR) is 121 cm³/mol. The largest absolute Gasteiger partial charge is 0.497 e. The van der Waals surface area contributed by atoms with Gasteiger partial charge in [0.05, 0.1) is 13.7 Å². The Kier molecular flexibility index (Phi) is 6.00. The first-order chi connectivity index (χ1) is 14.6. The molecule has 0 aliphatic carbocycles. The van der Waals surface area contributed by atoms with E-state index in [1.807, 2.05) is 30.3 Å². The highest BCUT2D eigenvalue weighted by Crippen LogP contribution is 2.47. The summed E-state index contributed by atoms with van der Waals surface area (Å²) in [6.45, 7) is 0.602. The topological polar surface area (TPSA) is 38.8 Å². The summed E-state index contributed by atoms with van der Waals surface area (Å²) in [5.74, 6) is 2.02. The Morgan fingerprint density at radius 2 is 1.73 bits per heavy atom. The zero-order valence-corrected chi connectivity index (χ0v) is 18.2.